The molecule has 0 atom stereocenters. The van der Waals surface area contributed by atoms with Gasteiger partial charge in [0.25, 0.3) is 0 Å². The van der Waals surface area contributed by atoms with Crippen LogP contribution in [-0.4, -0.2) is 51.6 Å². The van der Waals surface area contributed by atoms with Gasteiger partial charge in [-0.25, -0.2) is 0 Å². The van der Waals surface area contributed by atoms with Crippen LogP contribution in [0.25, 0.3) is 0 Å². The SMILES string of the molecule is Cl.[2H]C1([2H])N(CCCC(=O)c2c(OC)cc(OC)cc2OC)C([2H])([2H])C([2H])([2H])C1([2H])[2H]. The molecule has 5 nitrogen and oxygen atoms in total. The summed E-state index contributed by atoms with van der Waals surface area (Å²) in [5, 5.41) is 0. The summed E-state index contributed by atoms with van der Waals surface area (Å²) < 4.78 is 78.7. The number of carbonyl (C=O) groups is 1. The summed E-state index contributed by atoms with van der Waals surface area (Å²) in [6.07, 6.45) is -6.36. The topological polar surface area (TPSA) is 48.0 Å². The first-order valence-electron chi connectivity index (χ1n) is 10.8. The Hall–Kier alpha value is -1.46. The van der Waals surface area contributed by atoms with E-state index in [9.17, 15) is 4.79 Å². The van der Waals surface area contributed by atoms with E-state index >= 15 is 0 Å². The molecule has 23 heavy (non-hydrogen) atoms. The van der Waals surface area contributed by atoms with Crippen LogP contribution < -0.4 is 14.2 Å². The zero-order valence-corrected chi connectivity index (χ0v) is 14.1. The average Bonchev–Trinajstić information content (AvgIpc) is 2.74. The van der Waals surface area contributed by atoms with Crippen LogP contribution in [-0.2, 0) is 0 Å². The lowest BCUT2D eigenvalue weighted by Gasteiger charge is -2.16. The van der Waals surface area contributed by atoms with Crippen molar-refractivity contribution < 1.29 is 30.0 Å². The van der Waals surface area contributed by atoms with Crippen molar-refractivity contribution in [3.63, 3.8) is 0 Å². The largest absolute Gasteiger partial charge is 0.496 e. The van der Waals surface area contributed by atoms with Crippen molar-refractivity contribution in [3.05, 3.63) is 17.7 Å². The van der Waals surface area contributed by atoms with E-state index in [1.807, 2.05) is 0 Å². The third-order valence-electron chi connectivity index (χ3n) is 3.22. The molecule has 0 N–H and O–H groups in total. The molecule has 1 fully saturated rings. The summed E-state index contributed by atoms with van der Waals surface area (Å²) in [5.74, 6) is 0.451. The Morgan fingerprint density at radius 2 is 1.70 bits per heavy atom. The molecule has 0 saturated carbocycles. The number of methoxy groups -OCH3 is 3. The fraction of sp³-hybridized carbons (Fsp3) is 0.588. The van der Waals surface area contributed by atoms with Crippen LogP contribution in [0.15, 0.2) is 12.1 Å². The Morgan fingerprint density at radius 1 is 1.13 bits per heavy atom. The summed E-state index contributed by atoms with van der Waals surface area (Å²) in [5.41, 5.74) is 0.152. The molecule has 0 amide bonds. The normalized spacial score (nSPS) is 28.1. The Kier molecular flexibility index (Phi) is 4.36. The third-order valence-corrected chi connectivity index (χ3v) is 3.22. The molecule has 0 spiro atoms. The molecule has 6 heteroatoms. The van der Waals surface area contributed by atoms with Crippen molar-refractivity contribution in [2.45, 2.75) is 25.6 Å². The van der Waals surface area contributed by atoms with Crippen LogP contribution in [0.5, 0.6) is 17.2 Å². The van der Waals surface area contributed by atoms with Crippen LogP contribution in [0.2, 0.25) is 0 Å². The van der Waals surface area contributed by atoms with Crippen LogP contribution in [0.4, 0.5) is 0 Å². The van der Waals surface area contributed by atoms with Crippen molar-refractivity contribution in [2.24, 2.45) is 0 Å². The molecule has 0 aliphatic carbocycles. The van der Waals surface area contributed by atoms with E-state index in [0.717, 1.165) is 0 Å². The molecule has 1 heterocycles. The predicted octanol–water partition coefficient (Wildman–Crippen LogP) is 3.19. The van der Waals surface area contributed by atoms with Crippen LogP contribution in [0.1, 0.15) is 46.9 Å². The summed E-state index contributed by atoms with van der Waals surface area (Å²) in [6.45, 7) is -6.18. The third kappa shape index (κ3) is 5.01. The Labute approximate surface area is 155 Å². The number of Topliss-reactive ketones (excluding diaryl/α,β-unsaturated/α-hetero) is 1. The van der Waals surface area contributed by atoms with Gasteiger partial charge < -0.3 is 19.1 Å². The monoisotopic (exact) mass is 351 g/mol. The number of hydrogen-bond acceptors (Lipinski definition) is 5. The van der Waals surface area contributed by atoms with Gasteiger partial charge >= 0.3 is 0 Å². The average molecular weight is 352 g/mol. The number of ether oxygens (including phenoxy) is 3. The molecule has 1 aliphatic rings. The predicted molar refractivity (Wildman–Crippen MR) is 92.6 cm³/mol. The maximum Gasteiger partial charge on any atom is 0.170 e. The number of carbonyl (C=O) groups excluding carboxylic acids is 1. The van der Waals surface area contributed by atoms with Gasteiger partial charge in [-0.15, -0.1) is 12.4 Å². The molecule has 1 aromatic rings. The second-order valence-electron chi connectivity index (χ2n) is 4.56. The van der Waals surface area contributed by atoms with Gasteiger partial charge in [-0.3, -0.25) is 4.79 Å². The lowest BCUT2D eigenvalue weighted by molar-refractivity contribution is 0.0970. The molecule has 1 saturated heterocycles. The van der Waals surface area contributed by atoms with Crippen LogP contribution >= 0.6 is 12.4 Å². The van der Waals surface area contributed by atoms with Gasteiger partial charge in [-0.1, -0.05) is 0 Å². The van der Waals surface area contributed by atoms with E-state index in [4.69, 9.17) is 25.2 Å². The van der Waals surface area contributed by atoms with Crippen LogP contribution in [0, 0.1) is 0 Å². The molecule has 0 bridgehead atoms. The molecule has 0 aromatic heterocycles. The van der Waals surface area contributed by atoms with Crippen molar-refractivity contribution >= 4 is 18.2 Å². The highest BCUT2D eigenvalue weighted by Crippen LogP contribution is 2.35. The first-order chi connectivity index (χ1) is 13.7. The van der Waals surface area contributed by atoms with Gasteiger partial charge in [-0.05, 0) is 38.7 Å². The van der Waals surface area contributed by atoms with E-state index in [-0.39, 0.29) is 48.9 Å². The van der Waals surface area contributed by atoms with Gasteiger partial charge in [0.2, 0.25) is 0 Å². The summed E-state index contributed by atoms with van der Waals surface area (Å²) in [4.78, 5) is 13.3. The van der Waals surface area contributed by atoms with Crippen molar-refractivity contribution in [1.29, 1.82) is 0 Å². The number of rotatable bonds is 8. The van der Waals surface area contributed by atoms with Gasteiger partial charge in [0.15, 0.2) is 5.78 Å². The fourth-order valence-electron chi connectivity index (χ4n) is 2.13. The maximum absolute atomic E-state index is 12.8. The minimum absolute atomic E-state index is 0. The second kappa shape index (κ2) is 9.63. The number of halogens is 1. The quantitative estimate of drug-likeness (QED) is 0.673. The standard InChI is InChI=1S/C17H25NO4.ClH/c1-20-13-11-15(21-2)17(16(12-13)22-3)14(19)7-6-10-18-8-4-5-9-18;/h11-12H,4-10H2,1-3H3;1H/i4D2,5D2,8D2,9D2;. The smallest absolute Gasteiger partial charge is 0.170 e. The summed E-state index contributed by atoms with van der Waals surface area (Å²) in [6, 6.07) is 3.02. The van der Waals surface area contributed by atoms with Gasteiger partial charge in [0, 0.05) is 29.5 Å². The van der Waals surface area contributed by atoms with Crippen LogP contribution in [0.3, 0.4) is 0 Å². The number of hydrogen-bond donors (Lipinski definition) is 0. The Morgan fingerprint density at radius 3 is 2.17 bits per heavy atom. The highest BCUT2D eigenvalue weighted by Gasteiger charge is 2.20. The molecule has 1 aromatic carbocycles. The van der Waals surface area contributed by atoms with Gasteiger partial charge in [0.1, 0.15) is 22.8 Å². The van der Waals surface area contributed by atoms with Gasteiger partial charge in [-0.2, -0.15) is 0 Å². The second-order valence-corrected chi connectivity index (χ2v) is 4.56. The zero-order valence-electron chi connectivity index (χ0n) is 21.3. The van der Waals surface area contributed by atoms with E-state index in [0.29, 0.717) is 10.6 Å². The van der Waals surface area contributed by atoms with E-state index < -0.39 is 31.5 Å². The van der Waals surface area contributed by atoms with Gasteiger partial charge in [0.05, 0.1) is 21.3 Å². The first-order valence-corrected chi connectivity index (χ1v) is 6.81. The fourth-order valence-corrected chi connectivity index (χ4v) is 2.13. The lowest BCUT2D eigenvalue weighted by atomic mass is 10.0. The molecular weight excluding hydrogens is 318 g/mol. The van der Waals surface area contributed by atoms with E-state index in [2.05, 4.69) is 0 Å². The van der Waals surface area contributed by atoms with Crippen molar-refractivity contribution in [1.82, 2.24) is 4.90 Å². The minimum atomic E-state index is -3.09. The molecule has 0 radical (unpaired) electrons. The highest BCUT2D eigenvalue weighted by atomic mass is 35.5. The number of benzene rings is 1. The Bertz CT molecular complexity index is 770. The summed E-state index contributed by atoms with van der Waals surface area (Å²) >= 11 is 0. The first kappa shape index (κ1) is 10.4. The summed E-state index contributed by atoms with van der Waals surface area (Å²) in [7, 11) is 4.20. The zero-order chi connectivity index (χ0) is 23.1. The molecule has 130 valence electrons. The van der Waals surface area contributed by atoms with Crippen molar-refractivity contribution in [2.75, 3.05) is 40.9 Å². The Balaban J connectivity index is 0.00000480. The number of likely N-dealkylation sites (tertiary alicyclic amines) is 1. The molecule has 2 rings (SSSR count). The molecular formula is C17H26ClNO4. The molecule has 1 aliphatic heterocycles. The molecule has 0 unspecified atom stereocenters. The van der Waals surface area contributed by atoms with E-state index in [1.165, 1.54) is 33.5 Å². The number of nitrogens with zero attached hydrogens (tertiary/aromatic N) is 1. The van der Waals surface area contributed by atoms with Crippen molar-refractivity contribution in [3.8, 4) is 17.2 Å². The minimum Gasteiger partial charge on any atom is -0.496 e. The number of ketones is 1. The van der Waals surface area contributed by atoms with E-state index in [1.54, 1.807) is 0 Å². The lowest BCUT2D eigenvalue weighted by Crippen LogP contribution is -2.21. The maximum atomic E-state index is 12.8. The highest BCUT2D eigenvalue weighted by molar-refractivity contribution is 6.01.